The Hall–Kier alpha value is -4.85. The summed E-state index contributed by atoms with van der Waals surface area (Å²) in [7, 11) is -4.51. The number of nitrogens with one attached hydrogen (secondary N) is 2. The summed E-state index contributed by atoms with van der Waals surface area (Å²) in [6.45, 7) is 1.56. The van der Waals surface area contributed by atoms with Crippen molar-refractivity contribution in [1.82, 2.24) is 0 Å². The number of carboxylic acids is 1. The monoisotopic (exact) mass is 499 g/mol. The quantitative estimate of drug-likeness (QED) is 0.223. The van der Waals surface area contributed by atoms with Gasteiger partial charge in [-0.15, -0.1) is 0 Å². The number of hydrogen-bond acceptors (Lipinski definition) is 9. The van der Waals surface area contributed by atoms with Crippen molar-refractivity contribution >= 4 is 44.5 Å². The Bertz CT molecular complexity index is 1450. The second-order valence-corrected chi connectivity index (χ2v) is 8.66. The minimum absolute atomic E-state index is 0.119. The Morgan fingerprint density at radius 3 is 2.11 bits per heavy atom. The number of nitro benzene ring substituents is 2. The van der Waals surface area contributed by atoms with Crippen LogP contribution in [0.5, 0.6) is 0 Å². The number of anilines is 2. The van der Waals surface area contributed by atoms with Gasteiger partial charge in [0.1, 0.15) is 4.90 Å². The van der Waals surface area contributed by atoms with Gasteiger partial charge >= 0.3 is 5.97 Å². The van der Waals surface area contributed by atoms with E-state index in [1.807, 2.05) is 0 Å². The fourth-order valence-corrected chi connectivity index (χ4v) is 4.19. The highest BCUT2D eigenvalue weighted by Gasteiger charge is 2.24. The van der Waals surface area contributed by atoms with Gasteiger partial charge in [-0.05, 0) is 42.8 Å². The van der Waals surface area contributed by atoms with E-state index in [9.17, 15) is 38.5 Å². The number of hydrogen-bond donors (Lipinski definition) is 3. The summed E-state index contributed by atoms with van der Waals surface area (Å²) in [6, 6.07) is 13.8. The largest absolute Gasteiger partial charge is 0.478 e. The molecule has 0 aromatic heterocycles. The molecule has 35 heavy (non-hydrogen) atoms. The second-order valence-electron chi connectivity index (χ2n) is 7.01. The molecule has 0 spiro atoms. The van der Waals surface area contributed by atoms with E-state index in [2.05, 4.69) is 15.2 Å². The molecule has 0 atom stereocenters. The molecular formula is C21H17N5O8S. The number of nitrogens with zero attached hydrogens (tertiary/aromatic N) is 3. The number of para-hydroxylation sites is 1. The Morgan fingerprint density at radius 2 is 1.51 bits per heavy atom. The van der Waals surface area contributed by atoms with Crippen molar-refractivity contribution in [2.45, 2.75) is 11.8 Å². The number of carbonyl (C=O) groups is 1. The van der Waals surface area contributed by atoms with Crippen LogP contribution in [-0.4, -0.2) is 35.1 Å². The summed E-state index contributed by atoms with van der Waals surface area (Å²) >= 11 is 0. The maximum Gasteiger partial charge on any atom is 0.337 e. The molecule has 0 bridgehead atoms. The van der Waals surface area contributed by atoms with E-state index >= 15 is 0 Å². The van der Waals surface area contributed by atoms with Crippen LogP contribution in [-0.2, 0) is 10.0 Å². The Labute approximate surface area is 198 Å². The zero-order chi connectivity index (χ0) is 25.8. The van der Waals surface area contributed by atoms with Crippen molar-refractivity contribution < 1.29 is 28.2 Å². The van der Waals surface area contributed by atoms with Gasteiger partial charge in [-0.3, -0.25) is 30.4 Å². The molecule has 0 aliphatic carbocycles. The summed E-state index contributed by atoms with van der Waals surface area (Å²) in [5.41, 5.74) is 2.07. The van der Waals surface area contributed by atoms with Crippen LogP contribution in [0.15, 0.2) is 76.7 Å². The average molecular weight is 499 g/mol. The SMILES string of the molecule is CC(=NNc1ccc([N+](=O)[O-])cc1S(=O)(=O)Nc1ccccc1C(=O)O)c1ccc([N+](=O)[O-])cc1. The number of nitro groups is 2. The van der Waals surface area contributed by atoms with E-state index in [4.69, 9.17) is 0 Å². The van der Waals surface area contributed by atoms with Crippen molar-refractivity contribution in [2.75, 3.05) is 10.1 Å². The Balaban J connectivity index is 1.99. The van der Waals surface area contributed by atoms with Gasteiger partial charge in [0, 0.05) is 24.3 Å². The lowest BCUT2D eigenvalue weighted by Gasteiger charge is -2.14. The summed E-state index contributed by atoms with van der Waals surface area (Å²) in [5.74, 6) is -1.37. The molecule has 13 nitrogen and oxygen atoms in total. The van der Waals surface area contributed by atoms with Crippen molar-refractivity contribution in [2.24, 2.45) is 5.10 Å². The lowest BCUT2D eigenvalue weighted by molar-refractivity contribution is -0.385. The first-order chi connectivity index (χ1) is 16.5. The van der Waals surface area contributed by atoms with Crippen molar-refractivity contribution in [1.29, 1.82) is 0 Å². The van der Waals surface area contributed by atoms with Crippen molar-refractivity contribution in [3.05, 3.63) is 98.1 Å². The first-order valence-electron chi connectivity index (χ1n) is 9.68. The number of aromatic carboxylic acids is 1. The van der Waals surface area contributed by atoms with Gasteiger partial charge in [0.25, 0.3) is 21.4 Å². The van der Waals surface area contributed by atoms with Crippen LogP contribution in [0.4, 0.5) is 22.7 Å². The molecule has 3 rings (SSSR count). The molecule has 14 heteroatoms. The smallest absolute Gasteiger partial charge is 0.337 e. The highest BCUT2D eigenvalue weighted by molar-refractivity contribution is 7.93. The topological polar surface area (TPSA) is 194 Å². The number of benzene rings is 3. The van der Waals surface area contributed by atoms with Crippen LogP contribution in [0.3, 0.4) is 0 Å². The molecular weight excluding hydrogens is 482 g/mol. The molecule has 0 saturated carbocycles. The predicted molar refractivity (Wildman–Crippen MR) is 126 cm³/mol. The van der Waals surface area contributed by atoms with Gasteiger partial charge in [0.2, 0.25) is 0 Å². The maximum absolute atomic E-state index is 13.1. The molecule has 0 fully saturated rings. The van der Waals surface area contributed by atoms with E-state index in [0.29, 0.717) is 11.3 Å². The van der Waals surface area contributed by atoms with Gasteiger partial charge in [-0.25, -0.2) is 13.2 Å². The molecule has 3 aromatic rings. The summed E-state index contributed by atoms with van der Waals surface area (Å²) in [4.78, 5) is 31.6. The fourth-order valence-electron chi connectivity index (χ4n) is 2.93. The van der Waals surface area contributed by atoms with E-state index in [1.54, 1.807) is 6.92 Å². The van der Waals surface area contributed by atoms with Gasteiger partial charge in [0.05, 0.1) is 32.5 Å². The lowest BCUT2D eigenvalue weighted by Crippen LogP contribution is -2.17. The van der Waals surface area contributed by atoms with Crippen molar-refractivity contribution in [3.8, 4) is 0 Å². The lowest BCUT2D eigenvalue weighted by atomic mass is 10.1. The van der Waals surface area contributed by atoms with Crippen LogP contribution in [0.2, 0.25) is 0 Å². The number of hydrazone groups is 1. The van der Waals surface area contributed by atoms with Gasteiger partial charge < -0.3 is 5.11 Å². The number of carboxylic acid groups (broad SMARTS) is 1. The standard InChI is InChI=1S/C21H17N5O8S/c1-13(14-6-8-15(9-7-14)25(29)30)22-23-19-11-10-16(26(31)32)12-20(19)35(33,34)24-18-5-3-2-4-17(18)21(27)28/h2-12,23-24H,1H3,(H,27,28). The molecule has 0 saturated heterocycles. The molecule has 0 heterocycles. The van der Waals surface area contributed by atoms with E-state index in [-0.39, 0.29) is 22.6 Å². The Morgan fingerprint density at radius 1 is 0.914 bits per heavy atom. The van der Waals surface area contributed by atoms with E-state index in [0.717, 1.165) is 18.2 Å². The molecule has 0 aliphatic rings. The van der Waals surface area contributed by atoms with E-state index in [1.165, 1.54) is 48.5 Å². The third-order valence-corrected chi connectivity index (χ3v) is 6.11. The maximum atomic E-state index is 13.1. The first kappa shape index (κ1) is 24.8. The third kappa shape index (κ3) is 5.75. The van der Waals surface area contributed by atoms with Crippen molar-refractivity contribution in [3.63, 3.8) is 0 Å². The Kier molecular flexibility index (Phi) is 7.06. The van der Waals surface area contributed by atoms with Gasteiger partial charge in [-0.2, -0.15) is 5.10 Å². The number of rotatable bonds is 9. The normalized spacial score (nSPS) is 11.5. The zero-order valence-electron chi connectivity index (χ0n) is 17.9. The van der Waals surface area contributed by atoms with Gasteiger partial charge in [0.15, 0.2) is 0 Å². The molecule has 0 aliphatic heterocycles. The predicted octanol–water partition coefficient (Wildman–Crippen LogP) is 3.84. The summed E-state index contributed by atoms with van der Waals surface area (Å²) in [6.07, 6.45) is 0. The molecule has 0 unspecified atom stereocenters. The molecule has 0 amide bonds. The molecule has 3 N–H and O–H groups in total. The summed E-state index contributed by atoms with van der Waals surface area (Å²) < 4.78 is 28.4. The van der Waals surface area contributed by atoms with Crippen LogP contribution in [0.25, 0.3) is 0 Å². The third-order valence-electron chi connectivity index (χ3n) is 4.71. The first-order valence-corrected chi connectivity index (χ1v) is 11.2. The fraction of sp³-hybridized carbons (Fsp3) is 0.0476. The number of non-ortho nitro benzene ring substituents is 2. The average Bonchev–Trinajstić information content (AvgIpc) is 2.82. The van der Waals surface area contributed by atoms with E-state index < -0.39 is 36.4 Å². The van der Waals surface area contributed by atoms with Crippen LogP contribution < -0.4 is 10.1 Å². The zero-order valence-corrected chi connectivity index (χ0v) is 18.7. The minimum atomic E-state index is -4.51. The van der Waals surface area contributed by atoms with Crippen LogP contribution in [0, 0.1) is 20.2 Å². The van der Waals surface area contributed by atoms with Crippen LogP contribution in [0.1, 0.15) is 22.8 Å². The highest BCUT2D eigenvalue weighted by atomic mass is 32.2. The minimum Gasteiger partial charge on any atom is -0.478 e. The summed E-state index contributed by atoms with van der Waals surface area (Å²) in [5, 5.41) is 35.4. The van der Waals surface area contributed by atoms with Gasteiger partial charge in [-0.1, -0.05) is 12.1 Å². The highest BCUT2D eigenvalue weighted by Crippen LogP contribution is 2.29. The molecule has 3 aromatic carbocycles. The molecule has 180 valence electrons. The molecule has 0 radical (unpaired) electrons. The second kappa shape index (κ2) is 9.96. The van der Waals surface area contributed by atoms with Crippen LogP contribution >= 0.6 is 0 Å². The number of sulfonamides is 1.